The summed E-state index contributed by atoms with van der Waals surface area (Å²) in [7, 11) is 0. The number of nitrogens with zero attached hydrogens (tertiary/aromatic N) is 3. The quantitative estimate of drug-likeness (QED) is 0.795. The minimum Gasteiger partial charge on any atom is -0.301 e. The molecule has 1 saturated heterocycles. The molecule has 1 aliphatic heterocycles. The van der Waals surface area contributed by atoms with E-state index in [1.165, 1.54) is 12.8 Å². The molecular weight excluding hydrogens is 222 g/mol. The second kappa shape index (κ2) is 5.11. The topological polar surface area (TPSA) is 29.0 Å². The molecule has 1 fully saturated rings. The Labute approximate surface area is 102 Å². The van der Waals surface area contributed by atoms with Gasteiger partial charge in [-0.15, -0.1) is 5.10 Å². The van der Waals surface area contributed by atoms with Crippen molar-refractivity contribution in [1.29, 1.82) is 0 Å². The molecule has 1 aromatic rings. The van der Waals surface area contributed by atoms with E-state index in [2.05, 4.69) is 28.9 Å². The summed E-state index contributed by atoms with van der Waals surface area (Å²) in [5.41, 5.74) is 1.09. The molecule has 0 saturated carbocycles. The summed E-state index contributed by atoms with van der Waals surface area (Å²) < 4.78 is 0. The maximum atomic E-state index is 5.73. The van der Waals surface area contributed by atoms with Crippen LogP contribution in [0.1, 0.15) is 38.3 Å². The zero-order valence-corrected chi connectivity index (χ0v) is 10.6. The lowest BCUT2D eigenvalue weighted by Crippen LogP contribution is -2.38. The summed E-state index contributed by atoms with van der Waals surface area (Å²) in [5.74, 6) is 0.555. The van der Waals surface area contributed by atoms with E-state index < -0.39 is 0 Å². The van der Waals surface area contributed by atoms with Gasteiger partial charge in [0.1, 0.15) is 0 Å². The van der Waals surface area contributed by atoms with Crippen molar-refractivity contribution in [3.8, 4) is 0 Å². The van der Waals surface area contributed by atoms with Crippen LogP contribution in [0.3, 0.4) is 0 Å². The number of hydrogen-bond donors (Lipinski definition) is 0. The van der Waals surface area contributed by atoms with Crippen molar-refractivity contribution < 1.29 is 0 Å². The molecule has 0 aromatic carbocycles. The van der Waals surface area contributed by atoms with Gasteiger partial charge >= 0.3 is 0 Å². The lowest BCUT2D eigenvalue weighted by Gasteiger charge is -2.34. The lowest BCUT2D eigenvalue weighted by molar-refractivity contribution is 0.170. The first kappa shape index (κ1) is 11.8. The van der Waals surface area contributed by atoms with Gasteiger partial charge in [0.15, 0.2) is 5.15 Å². The molecule has 0 N–H and O–H groups in total. The van der Waals surface area contributed by atoms with E-state index in [-0.39, 0.29) is 0 Å². The molecule has 0 atom stereocenters. The van der Waals surface area contributed by atoms with Gasteiger partial charge in [0.2, 0.25) is 0 Å². The zero-order chi connectivity index (χ0) is 11.5. The predicted molar refractivity (Wildman–Crippen MR) is 65.7 cm³/mol. The number of rotatable bonds is 2. The van der Waals surface area contributed by atoms with E-state index in [9.17, 15) is 0 Å². The highest BCUT2D eigenvalue weighted by atomic mass is 35.5. The third kappa shape index (κ3) is 2.71. The number of hydrogen-bond acceptors (Lipinski definition) is 3. The molecule has 0 unspecified atom stereocenters. The summed E-state index contributed by atoms with van der Waals surface area (Å²) in [4.78, 5) is 2.51. The Hall–Kier alpha value is -0.670. The molecule has 88 valence electrons. The van der Waals surface area contributed by atoms with Crippen molar-refractivity contribution in [2.24, 2.45) is 0 Å². The largest absolute Gasteiger partial charge is 0.301 e. The number of aromatic nitrogens is 2. The third-order valence-electron chi connectivity index (χ3n) is 3.33. The van der Waals surface area contributed by atoms with Crippen LogP contribution in [-0.2, 0) is 0 Å². The third-order valence-corrected chi connectivity index (χ3v) is 3.53. The Balaban J connectivity index is 1.96. The summed E-state index contributed by atoms with van der Waals surface area (Å²) in [6.45, 7) is 6.82. The van der Waals surface area contributed by atoms with Crippen molar-refractivity contribution in [1.82, 2.24) is 15.1 Å². The molecule has 16 heavy (non-hydrogen) atoms. The molecule has 0 bridgehead atoms. The van der Waals surface area contributed by atoms with Gasteiger partial charge in [0, 0.05) is 12.0 Å². The number of piperidine rings is 1. The Kier molecular flexibility index (Phi) is 3.77. The maximum absolute atomic E-state index is 5.73. The highest BCUT2D eigenvalue weighted by Gasteiger charge is 2.22. The van der Waals surface area contributed by atoms with E-state index in [1.807, 2.05) is 12.1 Å². The molecule has 0 aliphatic carbocycles. The Morgan fingerprint density at radius 3 is 2.44 bits per heavy atom. The van der Waals surface area contributed by atoms with Crippen LogP contribution < -0.4 is 0 Å². The van der Waals surface area contributed by atoms with Crippen molar-refractivity contribution in [2.75, 3.05) is 13.1 Å². The summed E-state index contributed by atoms with van der Waals surface area (Å²) in [6, 6.07) is 4.49. The van der Waals surface area contributed by atoms with E-state index in [4.69, 9.17) is 11.6 Å². The lowest BCUT2D eigenvalue weighted by atomic mass is 9.93. The predicted octanol–water partition coefficient (Wildman–Crippen LogP) is 2.72. The smallest absolute Gasteiger partial charge is 0.151 e. The Morgan fingerprint density at radius 2 is 1.94 bits per heavy atom. The van der Waals surface area contributed by atoms with Crippen LogP contribution >= 0.6 is 11.6 Å². The highest BCUT2D eigenvalue weighted by molar-refractivity contribution is 6.29. The molecule has 1 aliphatic rings. The monoisotopic (exact) mass is 239 g/mol. The Bertz CT molecular complexity index is 329. The van der Waals surface area contributed by atoms with E-state index in [0.717, 1.165) is 18.8 Å². The standard InChI is InChI=1S/C12H18ClN3/c1-9(2)16-7-5-10(6-8-16)11-3-4-12(13)15-14-11/h3-4,9-10H,5-8H2,1-2H3. The van der Waals surface area contributed by atoms with Gasteiger partial charge in [0.25, 0.3) is 0 Å². The van der Waals surface area contributed by atoms with Crippen LogP contribution in [-0.4, -0.2) is 34.2 Å². The van der Waals surface area contributed by atoms with Crippen molar-refractivity contribution in [3.63, 3.8) is 0 Å². The SMILES string of the molecule is CC(C)N1CCC(c2ccc(Cl)nn2)CC1. The van der Waals surface area contributed by atoms with Crippen LogP contribution in [0.5, 0.6) is 0 Å². The average molecular weight is 240 g/mol. The summed E-state index contributed by atoms with van der Waals surface area (Å²) in [5, 5.41) is 8.56. The van der Waals surface area contributed by atoms with Gasteiger partial charge < -0.3 is 4.90 Å². The fourth-order valence-corrected chi connectivity index (χ4v) is 2.36. The maximum Gasteiger partial charge on any atom is 0.151 e. The number of halogens is 1. The minimum atomic E-state index is 0.475. The van der Waals surface area contributed by atoms with Crippen molar-refractivity contribution in [2.45, 2.75) is 38.6 Å². The molecular formula is C12H18ClN3. The van der Waals surface area contributed by atoms with Crippen LogP contribution in [0, 0.1) is 0 Å². The molecule has 3 nitrogen and oxygen atoms in total. The van der Waals surface area contributed by atoms with Gasteiger partial charge in [0.05, 0.1) is 5.69 Å². The molecule has 1 aromatic heterocycles. The fourth-order valence-electron chi connectivity index (χ4n) is 2.26. The first-order valence-electron chi connectivity index (χ1n) is 5.90. The van der Waals surface area contributed by atoms with Gasteiger partial charge in [-0.3, -0.25) is 0 Å². The molecule has 0 spiro atoms. The average Bonchev–Trinajstić information content (AvgIpc) is 2.30. The van der Waals surface area contributed by atoms with Crippen LogP contribution in [0.2, 0.25) is 5.15 Å². The van der Waals surface area contributed by atoms with Crippen LogP contribution in [0.15, 0.2) is 12.1 Å². The molecule has 0 radical (unpaired) electrons. The van der Waals surface area contributed by atoms with Gasteiger partial charge in [-0.05, 0) is 51.9 Å². The summed E-state index contributed by atoms with van der Waals surface area (Å²) in [6.07, 6.45) is 2.35. The molecule has 0 amide bonds. The van der Waals surface area contributed by atoms with Gasteiger partial charge in [-0.2, -0.15) is 5.10 Å². The minimum absolute atomic E-state index is 0.475. The molecule has 4 heteroatoms. The van der Waals surface area contributed by atoms with E-state index in [0.29, 0.717) is 17.1 Å². The Morgan fingerprint density at radius 1 is 1.25 bits per heavy atom. The molecule has 2 heterocycles. The summed E-state index contributed by atoms with van der Waals surface area (Å²) >= 11 is 5.73. The van der Waals surface area contributed by atoms with Crippen LogP contribution in [0.25, 0.3) is 0 Å². The zero-order valence-electron chi connectivity index (χ0n) is 9.86. The first-order chi connectivity index (χ1) is 7.66. The second-order valence-electron chi connectivity index (χ2n) is 4.68. The normalized spacial score (nSPS) is 19.2. The van der Waals surface area contributed by atoms with Crippen molar-refractivity contribution >= 4 is 11.6 Å². The van der Waals surface area contributed by atoms with Crippen molar-refractivity contribution in [3.05, 3.63) is 23.0 Å². The second-order valence-corrected chi connectivity index (χ2v) is 5.07. The molecule has 2 rings (SSSR count). The number of likely N-dealkylation sites (tertiary alicyclic amines) is 1. The first-order valence-corrected chi connectivity index (χ1v) is 6.28. The van der Waals surface area contributed by atoms with E-state index in [1.54, 1.807) is 0 Å². The highest BCUT2D eigenvalue weighted by Crippen LogP contribution is 2.27. The van der Waals surface area contributed by atoms with Gasteiger partial charge in [-0.1, -0.05) is 11.6 Å². The fraction of sp³-hybridized carbons (Fsp3) is 0.667. The van der Waals surface area contributed by atoms with Crippen LogP contribution in [0.4, 0.5) is 0 Å². The van der Waals surface area contributed by atoms with E-state index >= 15 is 0 Å². The van der Waals surface area contributed by atoms with Gasteiger partial charge in [-0.25, -0.2) is 0 Å².